The second-order valence-corrected chi connectivity index (χ2v) is 4.59. The summed E-state index contributed by atoms with van der Waals surface area (Å²) in [6.45, 7) is -0.420. The Bertz CT molecular complexity index is 589. The molecule has 2 rings (SSSR count). The fourth-order valence-corrected chi connectivity index (χ4v) is 2.76. The summed E-state index contributed by atoms with van der Waals surface area (Å²) in [5.41, 5.74) is -0.386. The molecule has 0 unspecified atom stereocenters. The number of rotatable bonds is 2. The smallest absolute Gasteiger partial charge is 0.325 e. The third-order valence-corrected chi connectivity index (χ3v) is 3.67. The lowest BCUT2D eigenvalue weighted by Crippen LogP contribution is -2.26. The van der Waals surface area contributed by atoms with E-state index in [1.807, 2.05) is 0 Å². The number of carboxylic acids is 1. The number of nitrogens with zero attached hydrogens (tertiary/aromatic N) is 2. The van der Waals surface area contributed by atoms with Crippen molar-refractivity contribution in [1.29, 1.82) is 0 Å². The van der Waals surface area contributed by atoms with E-state index in [0.717, 1.165) is 9.38 Å². The Morgan fingerprint density at radius 2 is 2.40 bits per heavy atom. The van der Waals surface area contributed by atoms with Crippen molar-refractivity contribution in [3.05, 3.63) is 26.4 Å². The quantitative estimate of drug-likeness (QED) is 0.904. The lowest BCUT2D eigenvalue weighted by Gasteiger charge is -1.99. The number of thiophene rings is 1. The van der Waals surface area contributed by atoms with Gasteiger partial charge in [-0.2, -0.15) is 5.10 Å². The Kier molecular flexibility index (Phi) is 2.57. The van der Waals surface area contributed by atoms with E-state index in [2.05, 4.69) is 21.0 Å². The van der Waals surface area contributed by atoms with Crippen molar-refractivity contribution >= 4 is 43.3 Å². The van der Waals surface area contributed by atoms with Gasteiger partial charge in [0.2, 0.25) is 0 Å². The van der Waals surface area contributed by atoms with Gasteiger partial charge in [-0.3, -0.25) is 9.59 Å². The molecule has 0 aliphatic heterocycles. The van der Waals surface area contributed by atoms with E-state index in [4.69, 9.17) is 5.11 Å². The van der Waals surface area contributed by atoms with Crippen molar-refractivity contribution in [3.63, 3.8) is 0 Å². The molecule has 5 nitrogen and oxygen atoms in total. The Morgan fingerprint density at radius 3 is 3.07 bits per heavy atom. The highest BCUT2D eigenvalue weighted by atomic mass is 79.9. The van der Waals surface area contributed by atoms with Crippen LogP contribution in [0.25, 0.3) is 10.1 Å². The van der Waals surface area contributed by atoms with E-state index in [0.29, 0.717) is 9.86 Å². The van der Waals surface area contributed by atoms with Crippen LogP contribution in [0.4, 0.5) is 0 Å². The zero-order valence-electron chi connectivity index (χ0n) is 7.31. The van der Waals surface area contributed by atoms with Crippen molar-refractivity contribution in [3.8, 4) is 0 Å². The lowest BCUT2D eigenvalue weighted by molar-refractivity contribution is -0.137. The van der Waals surface area contributed by atoms with Crippen LogP contribution in [0, 0.1) is 0 Å². The van der Waals surface area contributed by atoms with Gasteiger partial charge in [0, 0.05) is 9.85 Å². The van der Waals surface area contributed by atoms with Crippen LogP contribution < -0.4 is 5.56 Å². The summed E-state index contributed by atoms with van der Waals surface area (Å²) in [6, 6.07) is 0. The summed E-state index contributed by atoms with van der Waals surface area (Å²) in [5.74, 6) is -1.09. The number of hydrogen-bond acceptors (Lipinski definition) is 4. The molecule has 1 N–H and O–H groups in total. The third kappa shape index (κ3) is 1.80. The number of hydrogen-bond donors (Lipinski definition) is 1. The minimum Gasteiger partial charge on any atom is -0.480 e. The number of carboxylic acid groups (broad SMARTS) is 1. The predicted molar refractivity (Wildman–Crippen MR) is 59.2 cm³/mol. The molecule has 15 heavy (non-hydrogen) atoms. The number of aromatic nitrogens is 2. The Balaban J connectivity index is 2.69. The molecule has 0 amide bonds. The van der Waals surface area contributed by atoms with Crippen LogP contribution in [-0.2, 0) is 11.3 Å². The summed E-state index contributed by atoms with van der Waals surface area (Å²) in [6.07, 6.45) is 1.50. The molecule has 0 saturated carbocycles. The molecule has 78 valence electrons. The van der Waals surface area contributed by atoms with E-state index >= 15 is 0 Å². The first kappa shape index (κ1) is 10.3. The average Bonchev–Trinajstić information content (AvgIpc) is 2.53. The minimum atomic E-state index is -1.09. The monoisotopic (exact) mass is 288 g/mol. The number of halogens is 1. The molecular weight excluding hydrogens is 284 g/mol. The van der Waals surface area contributed by atoms with E-state index in [1.165, 1.54) is 17.5 Å². The molecule has 2 aromatic heterocycles. The molecule has 0 aromatic carbocycles. The van der Waals surface area contributed by atoms with Crippen molar-refractivity contribution in [2.75, 3.05) is 0 Å². The van der Waals surface area contributed by atoms with Gasteiger partial charge in [0.15, 0.2) is 0 Å². The highest BCUT2D eigenvalue weighted by Gasteiger charge is 2.10. The van der Waals surface area contributed by atoms with Gasteiger partial charge < -0.3 is 5.11 Å². The lowest BCUT2D eigenvalue weighted by atomic mass is 10.4. The first-order valence-electron chi connectivity index (χ1n) is 3.94. The van der Waals surface area contributed by atoms with Crippen molar-refractivity contribution in [1.82, 2.24) is 9.78 Å². The molecule has 2 heterocycles. The Hall–Kier alpha value is -1.21. The van der Waals surface area contributed by atoms with Gasteiger partial charge in [-0.25, -0.2) is 4.68 Å². The first-order chi connectivity index (χ1) is 7.09. The third-order valence-electron chi connectivity index (χ3n) is 1.82. The van der Waals surface area contributed by atoms with E-state index < -0.39 is 12.5 Å². The number of fused-ring (bicyclic) bond motifs is 1. The topological polar surface area (TPSA) is 72.2 Å². The van der Waals surface area contributed by atoms with Crippen LogP contribution >= 0.6 is 27.3 Å². The Morgan fingerprint density at radius 1 is 1.67 bits per heavy atom. The van der Waals surface area contributed by atoms with Crippen molar-refractivity contribution < 1.29 is 9.90 Å². The normalized spacial score (nSPS) is 10.7. The summed E-state index contributed by atoms with van der Waals surface area (Å²) >= 11 is 4.63. The summed E-state index contributed by atoms with van der Waals surface area (Å²) in [4.78, 5) is 22.2. The zero-order valence-corrected chi connectivity index (χ0v) is 9.71. The van der Waals surface area contributed by atoms with Crippen molar-refractivity contribution in [2.24, 2.45) is 0 Å². The minimum absolute atomic E-state index is 0.386. The average molecular weight is 289 g/mol. The Labute approximate surface area is 96.1 Å². The summed E-state index contributed by atoms with van der Waals surface area (Å²) in [5, 5.41) is 14.6. The highest BCUT2D eigenvalue weighted by molar-refractivity contribution is 9.10. The maximum Gasteiger partial charge on any atom is 0.325 e. The summed E-state index contributed by atoms with van der Waals surface area (Å²) in [7, 11) is 0. The van der Waals surface area contributed by atoms with Gasteiger partial charge in [-0.15, -0.1) is 11.3 Å². The first-order valence-corrected chi connectivity index (χ1v) is 5.61. The van der Waals surface area contributed by atoms with E-state index in [9.17, 15) is 9.59 Å². The van der Waals surface area contributed by atoms with E-state index in [1.54, 1.807) is 5.38 Å². The van der Waals surface area contributed by atoms with Gasteiger partial charge in [0.25, 0.3) is 5.56 Å². The highest BCUT2D eigenvalue weighted by Crippen LogP contribution is 2.26. The second-order valence-electron chi connectivity index (χ2n) is 2.82. The molecule has 0 aliphatic carbocycles. The van der Waals surface area contributed by atoms with Crippen LogP contribution in [0.1, 0.15) is 0 Å². The maximum absolute atomic E-state index is 11.8. The molecule has 0 atom stereocenters. The molecule has 0 spiro atoms. The number of carbonyl (C=O) groups is 1. The molecule has 0 fully saturated rings. The maximum atomic E-state index is 11.8. The van der Waals surface area contributed by atoms with Crippen LogP contribution in [0.5, 0.6) is 0 Å². The summed E-state index contributed by atoms with van der Waals surface area (Å²) < 4.78 is 2.35. The van der Waals surface area contributed by atoms with Crippen LogP contribution in [0.2, 0.25) is 0 Å². The molecule has 2 aromatic rings. The number of aliphatic carboxylic acids is 1. The molecule has 0 bridgehead atoms. The van der Waals surface area contributed by atoms with E-state index in [-0.39, 0.29) is 5.56 Å². The molecule has 0 saturated heterocycles. The SMILES string of the molecule is O=C(O)Cn1ncc2scc(Br)c2c1=O. The standard InChI is InChI=1S/C8H5BrN2O3S/c9-4-3-15-5-1-10-11(2-6(12)13)8(14)7(4)5/h1,3H,2H2,(H,12,13). The van der Waals surface area contributed by atoms with Gasteiger partial charge in [0.1, 0.15) is 6.54 Å². The fourth-order valence-electron chi connectivity index (χ4n) is 1.20. The molecule has 7 heteroatoms. The van der Waals surface area contributed by atoms with Gasteiger partial charge in [0.05, 0.1) is 16.3 Å². The predicted octanol–water partition coefficient (Wildman–Crippen LogP) is 1.31. The van der Waals surface area contributed by atoms with Crippen LogP contribution in [0.3, 0.4) is 0 Å². The van der Waals surface area contributed by atoms with Gasteiger partial charge >= 0.3 is 5.97 Å². The fraction of sp³-hybridized carbons (Fsp3) is 0.125. The van der Waals surface area contributed by atoms with Gasteiger partial charge in [-0.1, -0.05) is 0 Å². The largest absolute Gasteiger partial charge is 0.480 e. The molecule has 0 radical (unpaired) electrons. The van der Waals surface area contributed by atoms with Gasteiger partial charge in [-0.05, 0) is 15.9 Å². The molecule has 0 aliphatic rings. The van der Waals surface area contributed by atoms with Crippen molar-refractivity contribution in [2.45, 2.75) is 6.54 Å². The van der Waals surface area contributed by atoms with Crippen LogP contribution in [-0.4, -0.2) is 20.9 Å². The molecular formula is C8H5BrN2O3S. The second kappa shape index (κ2) is 3.74. The zero-order chi connectivity index (χ0) is 11.0. The van der Waals surface area contributed by atoms with Crippen LogP contribution in [0.15, 0.2) is 20.8 Å².